The number of likely N-dealkylation sites (tertiary alicyclic amines) is 1. The van der Waals surface area contributed by atoms with Gasteiger partial charge in [-0.3, -0.25) is 9.69 Å². The number of H-pyrrole nitrogens is 1. The Morgan fingerprint density at radius 2 is 1.89 bits per heavy atom. The lowest BCUT2D eigenvalue weighted by molar-refractivity contribution is -0.143. The quantitative estimate of drug-likeness (QED) is 0.583. The molecule has 7 rings (SSSR count). The summed E-state index contributed by atoms with van der Waals surface area (Å²) in [4.78, 5) is 41.9. The fourth-order valence-corrected chi connectivity index (χ4v) is 8.50. The molecular weight excluding hydrogens is 534 g/mol. The molecule has 202 valence electrons. The van der Waals surface area contributed by atoms with Crippen LogP contribution in [-0.2, 0) is 19.6 Å². The number of benzene rings is 1. The standard InChI is InChI=1S/C24H28ClN7O5S/c1-28-14-24-15-30(38(35,36)19-11-16-10-17(25)2-3-18(16)27-19)12-20(33)31(24)13-23(32(24)22(28)34)4-7-29(8-5-23)21-26-6-9-37-21/h2-3,10-11,27H,4-9,12-15H2,1H3. The normalized spacial score (nSPS) is 27.4. The number of amides is 3. The van der Waals surface area contributed by atoms with E-state index in [-0.39, 0.29) is 36.6 Å². The van der Waals surface area contributed by atoms with Crippen molar-refractivity contribution in [2.75, 3.05) is 59.5 Å². The average molecular weight is 562 g/mol. The molecule has 0 bridgehead atoms. The van der Waals surface area contributed by atoms with Crippen LogP contribution in [-0.4, -0.2) is 126 Å². The maximum absolute atomic E-state index is 13.8. The number of fused-ring (bicyclic) bond motifs is 2. The van der Waals surface area contributed by atoms with Crippen molar-refractivity contribution in [3.05, 3.63) is 29.3 Å². The molecule has 1 aromatic heterocycles. The highest BCUT2D eigenvalue weighted by Gasteiger charge is 2.69. The van der Waals surface area contributed by atoms with Crippen molar-refractivity contribution in [1.82, 2.24) is 28.9 Å². The summed E-state index contributed by atoms with van der Waals surface area (Å²) in [5.74, 6) is -0.296. The van der Waals surface area contributed by atoms with Crippen LogP contribution in [0.2, 0.25) is 5.02 Å². The van der Waals surface area contributed by atoms with Crippen LogP contribution in [0.25, 0.3) is 10.9 Å². The van der Waals surface area contributed by atoms with Crippen LogP contribution in [0.3, 0.4) is 0 Å². The molecule has 4 saturated heterocycles. The number of ether oxygens (including phenoxy) is 1. The molecule has 4 fully saturated rings. The molecule has 2 aromatic rings. The van der Waals surface area contributed by atoms with Crippen molar-refractivity contribution in [2.45, 2.75) is 29.1 Å². The molecule has 0 aliphatic carbocycles. The van der Waals surface area contributed by atoms with Gasteiger partial charge in [0.1, 0.15) is 11.6 Å². The third-order valence-corrected chi connectivity index (χ3v) is 10.6. The summed E-state index contributed by atoms with van der Waals surface area (Å²) in [6, 6.07) is 7.10. The second-order valence-electron chi connectivity index (χ2n) is 10.8. The number of hydrogen-bond acceptors (Lipinski definition) is 7. The number of piperidine rings is 1. The molecule has 14 heteroatoms. The molecule has 5 aliphatic heterocycles. The van der Waals surface area contributed by atoms with Crippen molar-refractivity contribution in [3.8, 4) is 0 Å². The zero-order valence-corrected chi connectivity index (χ0v) is 22.5. The van der Waals surface area contributed by atoms with Crippen LogP contribution in [0.5, 0.6) is 0 Å². The number of rotatable bonds is 2. The maximum Gasteiger partial charge on any atom is 0.322 e. The minimum atomic E-state index is -4.06. The number of halogens is 1. The predicted molar refractivity (Wildman–Crippen MR) is 138 cm³/mol. The summed E-state index contributed by atoms with van der Waals surface area (Å²) >= 11 is 6.09. The number of aromatic amines is 1. The second kappa shape index (κ2) is 7.99. The van der Waals surface area contributed by atoms with Gasteiger partial charge in [0.15, 0.2) is 5.66 Å². The van der Waals surface area contributed by atoms with Crippen LogP contribution >= 0.6 is 11.6 Å². The van der Waals surface area contributed by atoms with Crippen molar-refractivity contribution >= 4 is 50.5 Å². The summed E-state index contributed by atoms with van der Waals surface area (Å²) in [7, 11) is -2.35. The van der Waals surface area contributed by atoms with Crippen molar-refractivity contribution in [1.29, 1.82) is 0 Å². The Kier molecular flexibility index (Phi) is 5.06. The molecule has 6 heterocycles. The Labute approximate surface area is 224 Å². The number of aliphatic imine (C=N–C) groups is 1. The molecule has 5 aliphatic rings. The third kappa shape index (κ3) is 3.24. The van der Waals surface area contributed by atoms with E-state index in [0.717, 1.165) is 0 Å². The number of carbonyl (C=O) groups is 2. The van der Waals surface area contributed by atoms with E-state index in [2.05, 4.69) is 14.9 Å². The topological polar surface area (TPSA) is 122 Å². The smallest absolute Gasteiger partial charge is 0.322 e. The SMILES string of the molecule is CN1CC23CN(S(=O)(=O)c4cc5cc(Cl)ccc5[nH]4)CC(=O)N2CC2(CCN(C4=NCCO4)CC2)N3C1=O. The number of amidine groups is 1. The molecule has 1 N–H and O–H groups in total. The summed E-state index contributed by atoms with van der Waals surface area (Å²) in [6.07, 6.45) is 1.27. The molecular formula is C24H28ClN7O5S. The molecule has 1 unspecified atom stereocenters. The number of nitrogens with one attached hydrogen (secondary N) is 1. The number of aromatic nitrogens is 1. The highest BCUT2D eigenvalue weighted by atomic mass is 35.5. The molecule has 1 aromatic carbocycles. The van der Waals surface area contributed by atoms with Crippen LogP contribution < -0.4 is 0 Å². The van der Waals surface area contributed by atoms with Gasteiger partial charge in [-0.05, 0) is 37.1 Å². The van der Waals surface area contributed by atoms with Crippen molar-refractivity contribution in [3.63, 3.8) is 0 Å². The summed E-state index contributed by atoms with van der Waals surface area (Å²) in [5.41, 5.74) is -1.01. The Morgan fingerprint density at radius 3 is 2.63 bits per heavy atom. The molecule has 38 heavy (non-hydrogen) atoms. The number of urea groups is 1. The first-order valence-electron chi connectivity index (χ1n) is 12.7. The van der Waals surface area contributed by atoms with E-state index in [1.165, 1.54) is 10.4 Å². The summed E-state index contributed by atoms with van der Waals surface area (Å²) < 4.78 is 34.5. The highest BCUT2D eigenvalue weighted by molar-refractivity contribution is 7.89. The maximum atomic E-state index is 13.8. The fourth-order valence-electron chi connectivity index (χ4n) is 6.87. The molecule has 1 atom stereocenters. The van der Waals surface area contributed by atoms with E-state index < -0.39 is 21.2 Å². The zero-order chi connectivity index (χ0) is 26.4. The lowest BCUT2D eigenvalue weighted by atomic mass is 9.86. The van der Waals surface area contributed by atoms with Gasteiger partial charge in [0, 0.05) is 42.6 Å². The Hall–Kier alpha value is -3.03. The average Bonchev–Trinajstić information content (AvgIpc) is 3.65. The van der Waals surface area contributed by atoms with Gasteiger partial charge in [0.05, 0.1) is 31.7 Å². The van der Waals surface area contributed by atoms with Gasteiger partial charge >= 0.3 is 6.03 Å². The van der Waals surface area contributed by atoms with Gasteiger partial charge in [-0.1, -0.05) is 11.6 Å². The van der Waals surface area contributed by atoms with Crippen LogP contribution in [0.15, 0.2) is 34.3 Å². The van der Waals surface area contributed by atoms with Gasteiger partial charge < -0.3 is 24.4 Å². The summed E-state index contributed by atoms with van der Waals surface area (Å²) in [5, 5.41) is 1.16. The zero-order valence-electron chi connectivity index (χ0n) is 20.9. The molecule has 0 saturated carbocycles. The van der Waals surface area contributed by atoms with Gasteiger partial charge in [0.25, 0.3) is 16.0 Å². The van der Waals surface area contributed by atoms with Crippen LogP contribution in [0, 0.1) is 0 Å². The first-order valence-corrected chi connectivity index (χ1v) is 14.5. The van der Waals surface area contributed by atoms with E-state index in [9.17, 15) is 18.0 Å². The second-order valence-corrected chi connectivity index (χ2v) is 13.1. The van der Waals surface area contributed by atoms with E-state index >= 15 is 0 Å². The molecule has 12 nitrogen and oxygen atoms in total. The van der Waals surface area contributed by atoms with E-state index in [4.69, 9.17) is 16.3 Å². The van der Waals surface area contributed by atoms with Crippen LogP contribution in [0.1, 0.15) is 12.8 Å². The Bertz CT molecular complexity index is 1500. The minimum Gasteiger partial charge on any atom is -0.463 e. The first-order chi connectivity index (χ1) is 18.1. The first kappa shape index (κ1) is 24.0. The van der Waals surface area contributed by atoms with Crippen LogP contribution in [0.4, 0.5) is 4.79 Å². The van der Waals surface area contributed by atoms with Crippen molar-refractivity contribution in [2.24, 2.45) is 4.99 Å². The summed E-state index contributed by atoms with van der Waals surface area (Å²) in [6.45, 7) is 2.87. The Morgan fingerprint density at radius 1 is 1.11 bits per heavy atom. The number of likely N-dealkylation sites (N-methyl/N-ethyl adjacent to an activating group) is 1. The van der Waals surface area contributed by atoms with Gasteiger partial charge in [0.2, 0.25) is 5.91 Å². The van der Waals surface area contributed by atoms with Gasteiger partial charge in [-0.25, -0.2) is 18.2 Å². The highest BCUT2D eigenvalue weighted by Crippen LogP contribution is 2.50. The number of nitrogens with zero attached hydrogens (tertiary/aromatic N) is 6. The van der Waals surface area contributed by atoms with Gasteiger partial charge in [-0.15, -0.1) is 0 Å². The van der Waals surface area contributed by atoms with E-state index in [0.29, 0.717) is 67.6 Å². The van der Waals surface area contributed by atoms with E-state index in [1.54, 1.807) is 35.0 Å². The van der Waals surface area contributed by atoms with Crippen molar-refractivity contribution < 1.29 is 22.7 Å². The lowest BCUT2D eigenvalue weighted by Crippen LogP contribution is -2.68. The predicted octanol–water partition coefficient (Wildman–Crippen LogP) is 0.952. The molecule has 0 radical (unpaired) electrons. The fraction of sp³-hybridized carbons (Fsp3) is 0.542. The lowest BCUT2D eigenvalue weighted by Gasteiger charge is -2.47. The molecule has 2 spiro atoms. The number of sulfonamides is 1. The van der Waals surface area contributed by atoms with E-state index in [1.807, 2.05) is 4.90 Å². The van der Waals surface area contributed by atoms with Gasteiger partial charge in [-0.2, -0.15) is 4.31 Å². The molecule has 3 amide bonds. The number of piperazine rings is 1. The monoisotopic (exact) mass is 561 g/mol. The minimum absolute atomic E-state index is 0.00463. The largest absolute Gasteiger partial charge is 0.463 e. The third-order valence-electron chi connectivity index (χ3n) is 8.61. The number of carbonyl (C=O) groups excluding carboxylic acids is 2. The Balaban J connectivity index is 1.23. The number of hydrogen-bond donors (Lipinski definition) is 1.